The van der Waals surface area contributed by atoms with Crippen LogP contribution in [0.15, 0.2) is 30.3 Å². The molecule has 6 nitrogen and oxygen atoms in total. The fraction of sp³-hybridized carbons (Fsp3) is 0.471. The second-order valence-electron chi connectivity index (χ2n) is 6.65. The zero-order valence-corrected chi connectivity index (χ0v) is 13.6. The van der Waals surface area contributed by atoms with Crippen molar-refractivity contribution in [2.75, 3.05) is 23.7 Å². The number of rotatable bonds is 3. The predicted octanol–water partition coefficient (Wildman–Crippen LogP) is 2.11. The van der Waals surface area contributed by atoms with Crippen LogP contribution in [0.3, 0.4) is 0 Å². The molecule has 0 radical (unpaired) electrons. The number of aromatic nitrogens is 3. The van der Waals surface area contributed by atoms with Gasteiger partial charge in [-0.15, -0.1) is 10.2 Å². The summed E-state index contributed by atoms with van der Waals surface area (Å²) in [4.78, 5) is 6.57. The Labute approximate surface area is 136 Å². The summed E-state index contributed by atoms with van der Waals surface area (Å²) in [5.74, 6) is 1.10. The van der Waals surface area contributed by atoms with Crippen LogP contribution in [0.25, 0.3) is 11.3 Å². The SMILES string of the molecule is CC(C)(O)C1CCCN(c2nnc(N)nc2-c2ccccc2)C1. The lowest BCUT2D eigenvalue weighted by Gasteiger charge is -2.39. The molecule has 6 heteroatoms. The van der Waals surface area contributed by atoms with E-state index >= 15 is 0 Å². The van der Waals surface area contributed by atoms with E-state index < -0.39 is 5.60 Å². The van der Waals surface area contributed by atoms with Crippen LogP contribution >= 0.6 is 0 Å². The van der Waals surface area contributed by atoms with Crippen molar-refractivity contribution in [1.82, 2.24) is 15.2 Å². The van der Waals surface area contributed by atoms with Gasteiger partial charge in [0.1, 0.15) is 5.69 Å². The number of benzene rings is 1. The number of nitrogens with zero attached hydrogens (tertiary/aromatic N) is 4. The summed E-state index contributed by atoms with van der Waals surface area (Å²) < 4.78 is 0. The molecule has 1 aromatic carbocycles. The number of hydrogen-bond acceptors (Lipinski definition) is 6. The minimum Gasteiger partial charge on any atom is -0.390 e. The number of anilines is 2. The Morgan fingerprint density at radius 1 is 1.22 bits per heavy atom. The van der Waals surface area contributed by atoms with E-state index in [0.717, 1.165) is 43.0 Å². The average molecular weight is 313 g/mol. The van der Waals surface area contributed by atoms with Crippen LogP contribution in [-0.4, -0.2) is 39.0 Å². The lowest BCUT2D eigenvalue weighted by atomic mass is 9.84. The van der Waals surface area contributed by atoms with Crippen molar-refractivity contribution in [1.29, 1.82) is 0 Å². The molecule has 2 aromatic rings. The van der Waals surface area contributed by atoms with Gasteiger partial charge in [0.25, 0.3) is 0 Å². The first-order chi connectivity index (χ1) is 10.9. The van der Waals surface area contributed by atoms with Crippen molar-refractivity contribution in [2.24, 2.45) is 5.92 Å². The highest BCUT2D eigenvalue weighted by atomic mass is 16.3. The molecular weight excluding hydrogens is 290 g/mol. The molecule has 1 unspecified atom stereocenters. The Hall–Kier alpha value is -2.21. The first kappa shape index (κ1) is 15.7. The molecule has 1 aliphatic rings. The highest BCUT2D eigenvalue weighted by molar-refractivity contribution is 5.72. The van der Waals surface area contributed by atoms with E-state index in [9.17, 15) is 5.11 Å². The van der Waals surface area contributed by atoms with Crippen molar-refractivity contribution in [3.8, 4) is 11.3 Å². The van der Waals surface area contributed by atoms with Gasteiger partial charge in [-0.3, -0.25) is 0 Å². The molecular formula is C17H23N5O. The fourth-order valence-corrected chi connectivity index (χ4v) is 3.08. The Bertz CT molecular complexity index is 668. The van der Waals surface area contributed by atoms with Gasteiger partial charge in [-0.25, -0.2) is 4.98 Å². The van der Waals surface area contributed by atoms with Gasteiger partial charge < -0.3 is 15.7 Å². The normalized spacial score (nSPS) is 18.9. The third-order valence-electron chi connectivity index (χ3n) is 4.45. The Kier molecular flexibility index (Phi) is 4.17. The van der Waals surface area contributed by atoms with Crippen molar-refractivity contribution in [3.05, 3.63) is 30.3 Å². The zero-order valence-electron chi connectivity index (χ0n) is 13.6. The lowest BCUT2D eigenvalue weighted by molar-refractivity contribution is 0.0109. The lowest BCUT2D eigenvalue weighted by Crippen LogP contribution is -2.45. The molecule has 1 atom stereocenters. The van der Waals surface area contributed by atoms with E-state index in [1.807, 2.05) is 44.2 Å². The zero-order chi connectivity index (χ0) is 16.4. The third-order valence-corrected chi connectivity index (χ3v) is 4.45. The van der Waals surface area contributed by atoms with Gasteiger partial charge in [0.15, 0.2) is 5.82 Å². The maximum absolute atomic E-state index is 10.3. The summed E-state index contributed by atoms with van der Waals surface area (Å²) in [6.45, 7) is 5.36. The van der Waals surface area contributed by atoms with Gasteiger partial charge >= 0.3 is 0 Å². The highest BCUT2D eigenvalue weighted by Crippen LogP contribution is 2.33. The molecule has 1 aromatic heterocycles. The Balaban J connectivity index is 1.97. The van der Waals surface area contributed by atoms with Crippen LogP contribution in [0.1, 0.15) is 26.7 Å². The number of nitrogens with two attached hydrogens (primary N) is 1. The quantitative estimate of drug-likeness (QED) is 0.902. The summed E-state index contributed by atoms with van der Waals surface area (Å²) >= 11 is 0. The van der Waals surface area contributed by atoms with Gasteiger partial charge in [0.05, 0.1) is 5.60 Å². The first-order valence-electron chi connectivity index (χ1n) is 7.98. The average Bonchev–Trinajstić information content (AvgIpc) is 2.55. The maximum atomic E-state index is 10.3. The number of nitrogen functional groups attached to an aromatic ring is 1. The van der Waals surface area contributed by atoms with E-state index in [-0.39, 0.29) is 11.9 Å². The standard InChI is InChI=1S/C17H23N5O/c1-17(2,23)13-9-6-10-22(11-13)15-14(19-16(18)21-20-15)12-7-4-3-5-8-12/h3-5,7-8,13,23H,6,9-11H2,1-2H3,(H2,18,19,21). The summed E-state index contributed by atoms with van der Waals surface area (Å²) in [7, 11) is 0. The summed E-state index contributed by atoms with van der Waals surface area (Å²) in [6, 6.07) is 9.88. The van der Waals surface area contributed by atoms with Crippen LogP contribution in [0.4, 0.5) is 11.8 Å². The van der Waals surface area contributed by atoms with E-state index in [0.29, 0.717) is 0 Å². The van der Waals surface area contributed by atoms with Crippen LogP contribution < -0.4 is 10.6 Å². The maximum Gasteiger partial charge on any atom is 0.240 e. The molecule has 2 heterocycles. The summed E-state index contributed by atoms with van der Waals surface area (Å²) in [5.41, 5.74) is 6.75. The minimum atomic E-state index is -0.708. The van der Waals surface area contributed by atoms with Gasteiger partial charge in [0, 0.05) is 24.6 Å². The van der Waals surface area contributed by atoms with Crippen LogP contribution in [0.2, 0.25) is 0 Å². The van der Waals surface area contributed by atoms with Crippen molar-refractivity contribution >= 4 is 11.8 Å². The van der Waals surface area contributed by atoms with E-state index in [1.54, 1.807) is 0 Å². The molecule has 0 amide bonds. The van der Waals surface area contributed by atoms with E-state index in [1.165, 1.54) is 0 Å². The fourth-order valence-electron chi connectivity index (χ4n) is 3.08. The molecule has 0 saturated carbocycles. The monoisotopic (exact) mass is 313 g/mol. The van der Waals surface area contributed by atoms with Crippen molar-refractivity contribution < 1.29 is 5.11 Å². The highest BCUT2D eigenvalue weighted by Gasteiger charge is 2.33. The van der Waals surface area contributed by atoms with E-state index in [2.05, 4.69) is 20.1 Å². The topological polar surface area (TPSA) is 88.2 Å². The minimum absolute atomic E-state index is 0.170. The second kappa shape index (κ2) is 6.12. The molecule has 0 spiro atoms. The summed E-state index contributed by atoms with van der Waals surface area (Å²) in [6.07, 6.45) is 2.02. The van der Waals surface area contributed by atoms with Crippen LogP contribution in [-0.2, 0) is 0 Å². The second-order valence-corrected chi connectivity index (χ2v) is 6.65. The van der Waals surface area contributed by atoms with Crippen LogP contribution in [0.5, 0.6) is 0 Å². The predicted molar refractivity (Wildman–Crippen MR) is 90.9 cm³/mol. The van der Waals surface area contributed by atoms with Crippen molar-refractivity contribution in [2.45, 2.75) is 32.3 Å². The number of hydrogen-bond donors (Lipinski definition) is 2. The molecule has 1 saturated heterocycles. The summed E-state index contributed by atoms with van der Waals surface area (Å²) in [5, 5.41) is 18.6. The molecule has 1 aliphatic heterocycles. The molecule has 0 aliphatic carbocycles. The number of piperidine rings is 1. The van der Waals surface area contributed by atoms with Gasteiger partial charge in [-0.1, -0.05) is 30.3 Å². The molecule has 23 heavy (non-hydrogen) atoms. The molecule has 0 bridgehead atoms. The van der Waals surface area contributed by atoms with E-state index in [4.69, 9.17) is 5.73 Å². The van der Waals surface area contributed by atoms with Crippen LogP contribution in [0, 0.1) is 5.92 Å². The first-order valence-corrected chi connectivity index (χ1v) is 7.98. The molecule has 3 N–H and O–H groups in total. The molecule has 1 fully saturated rings. The van der Waals surface area contributed by atoms with Crippen molar-refractivity contribution in [3.63, 3.8) is 0 Å². The third kappa shape index (κ3) is 3.42. The molecule has 3 rings (SSSR count). The van der Waals surface area contributed by atoms with Gasteiger partial charge in [-0.05, 0) is 26.7 Å². The Morgan fingerprint density at radius 2 is 1.96 bits per heavy atom. The van der Waals surface area contributed by atoms with Gasteiger partial charge in [-0.2, -0.15) is 0 Å². The number of aliphatic hydroxyl groups is 1. The Morgan fingerprint density at radius 3 is 2.65 bits per heavy atom. The molecule has 122 valence electrons. The largest absolute Gasteiger partial charge is 0.390 e. The smallest absolute Gasteiger partial charge is 0.240 e. The van der Waals surface area contributed by atoms with Gasteiger partial charge in [0.2, 0.25) is 5.95 Å².